The summed E-state index contributed by atoms with van der Waals surface area (Å²) in [6.07, 6.45) is 6.96. The van der Waals surface area contributed by atoms with Gasteiger partial charge in [-0.25, -0.2) is 0 Å². The number of aryl methyl sites for hydroxylation is 2. The number of hydrogen-bond donors (Lipinski definition) is 0. The summed E-state index contributed by atoms with van der Waals surface area (Å²) in [6.45, 7) is 0.987. The molecule has 1 aliphatic carbocycles. The molecule has 0 fully saturated rings. The highest BCUT2D eigenvalue weighted by Gasteiger charge is 2.20. The molecule has 0 saturated carbocycles. The van der Waals surface area contributed by atoms with Crippen molar-refractivity contribution in [2.24, 2.45) is 0 Å². The zero-order valence-electron chi connectivity index (χ0n) is 12.9. The highest BCUT2D eigenvalue weighted by Crippen LogP contribution is 2.35. The second-order valence-corrected chi connectivity index (χ2v) is 6.07. The van der Waals surface area contributed by atoms with Crippen LogP contribution < -0.4 is 0 Å². The molecule has 0 aliphatic heterocycles. The van der Waals surface area contributed by atoms with Gasteiger partial charge in [0, 0.05) is 12.5 Å². The Morgan fingerprint density at radius 1 is 0.905 bits per heavy atom. The molecule has 1 nitrogen and oxygen atoms in total. The molecule has 0 saturated heterocycles. The fourth-order valence-corrected chi connectivity index (χ4v) is 3.18. The van der Waals surface area contributed by atoms with Crippen molar-refractivity contribution >= 4 is 0 Å². The van der Waals surface area contributed by atoms with Gasteiger partial charge in [0.25, 0.3) is 0 Å². The Balaban J connectivity index is 2.04. The maximum Gasteiger partial charge on any atom is 0.0275 e. The first-order chi connectivity index (χ1) is 10.3. The zero-order chi connectivity index (χ0) is 14.7. The third-order valence-electron chi connectivity index (χ3n) is 4.24. The van der Waals surface area contributed by atoms with E-state index in [1.54, 1.807) is 0 Å². The standard InChI is InChI=1S/C20H23N/c1-21(2)15-7-12-20-18-10-5-3-8-16(18)13-14-17-9-4-6-11-19(17)20/h3-12,20H,13-15H2,1-2H3/b12-7-. The molecule has 0 aromatic heterocycles. The van der Waals surface area contributed by atoms with Crippen LogP contribution in [0.1, 0.15) is 28.2 Å². The molecule has 1 aliphatic rings. The summed E-state index contributed by atoms with van der Waals surface area (Å²) < 4.78 is 0. The van der Waals surface area contributed by atoms with Crippen molar-refractivity contribution in [3.05, 3.63) is 82.9 Å². The van der Waals surface area contributed by atoms with Crippen molar-refractivity contribution in [2.45, 2.75) is 18.8 Å². The van der Waals surface area contributed by atoms with E-state index in [1.165, 1.54) is 22.3 Å². The number of nitrogens with zero attached hydrogens (tertiary/aromatic N) is 1. The van der Waals surface area contributed by atoms with Crippen molar-refractivity contribution < 1.29 is 0 Å². The third kappa shape index (κ3) is 3.08. The van der Waals surface area contributed by atoms with Gasteiger partial charge in [-0.05, 0) is 49.2 Å². The van der Waals surface area contributed by atoms with Crippen LogP contribution in [0.25, 0.3) is 0 Å². The van der Waals surface area contributed by atoms with Gasteiger partial charge in [0.15, 0.2) is 0 Å². The number of rotatable bonds is 3. The Kier molecular flexibility index (Phi) is 4.21. The molecule has 0 heterocycles. The summed E-state index contributed by atoms with van der Waals surface area (Å²) in [5.41, 5.74) is 5.93. The molecule has 0 atom stereocenters. The second-order valence-electron chi connectivity index (χ2n) is 6.07. The van der Waals surface area contributed by atoms with Crippen molar-refractivity contribution in [3.63, 3.8) is 0 Å². The fourth-order valence-electron chi connectivity index (χ4n) is 3.18. The minimum atomic E-state index is 0.389. The molecule has 0 amide bonds. The number of allylic oxidation sites excluding steroid dienone is 1. The van der Waals surface area contributed by atoms with Crippen LogP contribution in [-0.2, 0) is 12.8 Å². The summed E-state index contributed by atoms with van der Waals surface area (Å²) >= 11 is 0. The summed E-state index contributed by atoms with van der Waals surface area (Å²) in [7, 11) is 4.22. The number of benzene rings is 2. The number of hydrogen-bond acceptors (Lipinski definition) is 1. The second kappa shape index (κ2) is 6.28. The van der Waals surface area contributed by atoms with Crippen molar-refractivity contribution in [2.75, 3.05) is 20.6 Å². The summed E-state index contributed by atoms with van der Waals surface area (Å²) in [5.74, 6) is 0.389. The number of fused-ring (bicyclic) bond motifs is 2. The Morgan fingerprint density at radius 2 is 1.43 bits per heavy atom. The molecular formula is C20H23N. The highest BCUT2D eigenvalue weighted by molar-refractivity contribution is 5.47. The SMILES string of the molecule is CN(C)C/C=C\C1c2ccccc2CCc2ccccc21. The summed E-state index contributed by atoms with van der Waals surface area (Å²) in [6, 6.07) is 17.8. The molecule has 108 valence electrons. The molecule has 1 heteroatoms. The first kappa shape index (κ1) is 14.1. The molecule has 21 heavy (non-hydrogen) atoms. The van der Waals surface area contributed by atoms with Crippen molar-refractivity contribution in [3.8, 4) is 0 Å². The average Bonchev–Trinajstić information content (AvgIpc) is 2.65. The van der Waals surface area contributed by atoms with E-state index in [-0.39, 0.29) is 0 Å². The molecule has 0 unspecified atom stereocenters. The summed E-state index contributed by atoms with van der Waals surface area (Å²) in [5, 5.41) is 0. The topological polar surface area (TPSA) is 3.24 Å². The van der Waals surface area contributed by atoms with Gasteiger partial charge in [0.2, 0.25) is 0 Å². The fraction of sp³-hybridized carbons (Fsp3) is 0.300. The number of likely N-dealkylation sites (N-methyl/N-ethyl adjacent to an activating group) is 1. The van der Waals surface area contributed by atoms with Gasteiger partial charge >= 0.3 is 0 Å². The predicted molar refractivity (Wildman–Crippen MR) is 89.8 cm³/mol. The molecule has 2 aromatic carbocycles. The smallest absolute Gasteiger partial charge is 0.0275 e. The van der Waals surface area contributed by atoms with E-state index in [0.29, 0.717) is 5.92 Å². The van der Waals surface area contributed by atoms with E-state index in [1.807, 2.05) is 0 Å². The highest BCUT2D eigenvalue weighted by atomic mass is 15.0. The quantitative estimate of drug-likeness (QED) is 0.766. The molecule has 0 bridgehead atoms. The molecule has 0 radical (unpaired) electrons. The van der Waals surface area contributed by atoms with Crippen LogP contribution in [-0.4, -0.2) is 25.5 Å². The van der Waals surface area contributed by atoms with Gasteiger partial charge < -0.3 is 4.90 Å². The first-order valence-electron chi connectivity index (χ1n) is 7.72. The predicted octanol–water partition coefficient (Wildman–Crippen LogP) is 4.03. The minimum Gasteiger partial charge on any atom is -0.306 e. The van der Waals surface area contributed by atoms with E-state index in [4.69, 9.17) is 0 Å². The largest absolute Gasteiger partial charge is 0.306 e. The lowest BCUT2D eigenvalue weighted by Crippen LogP contribution is -2.11. The van der Waals surface area contributed by atoms with Gasteiger partial charge in [0.1, 0.15) is 0 Å². The van der Waals surface area contributed by atoms with Gasteiger partial charge in [-0.3, -0.25) is 0 Å². The van der Waals surface area contributed by atoms with E-state index in [0.717, 1.165) is 19.4 Å². The van der Waals surface area contributed by atoms with E-state index in [2.05, 4.69) is 79.7 Å². The lowest BCUT2D eigenvalue weighted by atomic mass is 9.88. The molecular weight excluding hydrogens is 254 g/mol. The molecule has 2 aromatic rings. The van der Waals surface area contributed by atoms with Crippen LogP contribution in [0.4, 0.5) is 0 Å². The van der Waals surface area contributed by atoms with Crippen molar-refractivity contribution in [1.82, 2.24) is 4.90 Å². The van der Waals surface area contributed by atoms with Crippen molar-refractivity contribution in [1.29, 1.82) is 0 Å². The van der Waals surface area contributed by atoms with Crippen LogP contribution in [0.3, 0.4) is 0 Å². The lowest BCUT2D eigenvalue weighted by molar-refractivity contribution is 0.456. The minimum absolute atomic E-state index is 0.389. The van der Waals surface area contributed by atoms with Crippen LogP contribution >= 0.6 is 0 Å². The van der Waals surface area contributed by atoms with E-state index < -0.39 is 0 Å². The Morgan fingerprint density at radius 3 is 1.95 bits per heavy atom. The normalized spacial score (nSPS) is 15.0. The van der Waals surface area contributed by atoms with Gasteiger partial charge in [-0.1, -0.05) is 60.7 Å². The van der Waals surface area contributed by atoms with E-state index >= 15 is 0 Å². The maximum atomic E-state index is 2.38. The lowest BCUT2D eigenvalue weighted by Gasteiger charge is -2.17. The van der Waals surface area contributed by atoms with Gasteiger partial charge in [-0.15, -0.1) is 0 Å². The van der Waals surface area contributed by atoms with Crippen LogP contribution in [0.2, 0.25) is 0 Å². The molecule has 3 rings (SSSR count). The van der Waals surface area contributed by atoms with Crippen LogP contribution in [0, 0.1) is 0 Å². The summed E-state index contributed by atoms with van der Waals surface area (Å²) in [4.78, 5) is 2.20. The van der Waals surface area contributed by atoms with E-state index in [9.17, 15) is 0 Å². The van der Waals surface area contributed by atoms with Gasteiger partial charge in [-0.2, -0.15) is 0 Å². The zero-order valence-corrected chi connectivity index (χ0v) is 12.9. The molecule has 0 N–H and O–H groups in total. The Hall–Kier alpha value is -1.86. The average molecular weight is 277 g/mol. The Bertz CT molecular complexity index is 592. The molecule has 0 spiro atoms. The maximum absolute atomic E-state index is 2.38. The van der Waals surface area contributed by atoms with Gasteiger partial charge in [0.05, 0.1) is 0 Å². The third-order valence-corrected chi connectivity index (χ3v) is 4.24. The first-order valence-corrected chi connectivity index (χ1v) is 7.72. The van der Waals surface area contributed by atoms with Crippen LogP contribution in [0.15, 0.2) is 60.7 Å². The van der Waals surface area contributed by atoms with Crippen LogP contribution in [0.5, 0.6) is 0 Å². The Labute approximate surface area is 127 Å². The monoisotopic (exact) mass is 277 g/mol.